The third-order valence-corrected chi connectivity index (χ3v) is 4.37. The first-order chi connectivity index (χ1) is 14.5. The molecule has 0 unspecified atom stereocenters. The molecule has 3 aromatic rings. The molecule has 6 heteroatoms. The maximum atomic E-state index is 13.9. The molecule has 1 aliphatic heterocycles. The van der Waals surface area contributed by atoms with E-state index in [-0.39, 0.29) is 17.2 Å². The van der Waals surface area contributed by atoms with E-state index in [0.29, 0.717) is 16.9 Å². The number of benzene rings is 3. The molecule has 1 aliphatic rings. The van der Waals surface area contributed by atoms with Crippen molar-refractivity contribution in [1.82, 2.24) is 0 Å². The smallest absolute Gasteiger partial charge is 0.363 e. The third-order valence-electron chi connectivity index (χ3n) is 4.37. The van der Waals surface area contributed by atoms with Gasteiger partial charge in [-0.15, -0.1) is 0 Å². The number of esters is 2. The predicted octanol–water partition coefficient (Wildman–Crippen LogP) is 4.70. The van der Waals surface area contributed by atoms with Crippen LogP contribution in [0.15, 0.2) is 83.5 Å². The molecule has 0 aromatic heterocycles. The summed E-state index contributed by atoms with van der Waals surface area (Å²) in [5.74, 6) is -1.35. The van der Waals surface area contributed by atoms with Crippen LogP contribution in [-0.2, 0) is 9.53 Å². The minimum atomic E-state index is -0.664. The topological polar surface area (TPSA) is 65.0 Å². The quantitative estimate of drug-likeness (QED) is 0.361. The Bertz CT molecular complexity index is 1200. The average Bonchev–Trinajstić information content (AvgIpc) is 3.10. The molecule has 1 heterocycles. The number of aryl methyl sites for hydroxylation is 1. The van der Waals surface area contributed by atoms with Crippen LogP contribution in [0.2, 0.25) is 0 Å². The van der Waals surface area contributed by atoms with Gasteiger partial charge in [0.1, 0.15) is 11.6 Å². The Balaban J connectivity index is 1.50. The monoisotopic (exact) mass is 401 g/mol. The second kappa shape index (κ2) is 8.13. The van der Waals surface area contributed by atoms with E-state index in [1.54, 1.807) is 54.6 Å². The molecule has 5 nitrogen and oxygen atoms in total. The van der Waals surface area contributed by atoms with Crippen molar-refractivity contribution in [3.05, 3.63) is 107 Å². The third kappa shape index (κ3) is 4.17. The highest BCUT2D eigenvalue weighted by Crippen LogP contribution is 2.22. The summed E-state index contributed by atoms with van der Waals surface area (Å²) >= 11 is 0. The fourth-order valence-electron chi connectivity index (χ4n) is 2.89. The van der Waals surface area contributed by atoms with Crippen LogP contribution in [0.25, 0.3) is 6.08 Å². The van der Waals surface area contributed by atoms with Crippen molar-refractivity contribution in [2.75, 3.05) is 0 Å². The van der Waals surface area contributed by atoms with Gasteiger partial charge in [0.15, 0.2) is 5.70 Å². The summed E-state index contributed by atoms with van der Waals surface area (Å²) in [4.78, 5) is 28.4. The van der Waals surface area contributed by atoms with Crippen molar-refractivity contribution >= 4 is 23.9 Å². The second-order valence-corrected chi connectivity index (χ2v) is 6.64. The molecule has 0 saturated carbocycles. The molecule has 30 heavy (non-hydrogen) atoms. The molecule has 0 saturated heterocycles. The van der Waals surface area contributed by atoms with Crippen molar-refractivity contribution in [2.24, 2.45) is 4.99 Å². The van der Waals surface area contributed by atoms with Gasteiger partial charge in [-0.05, 0) is 55.0 Å². The number of halogens is 1. The Labute approximate surface area is 172 Å². The van der Waals surface area contributed by atoms with Gasteiger partial charge in [0, 0.05) is 0 Å². The molecule has 0 amide bonds. The van der Waals surface area contributed by atoms with Crippen molar-refractivity contribution in [1.29, 1.82) is 0 Å². The first kappa shape index (κ1) is 19.3. The lowest BCUT2D eigenvalue weighted by molar-refractivity contribution is -0.129. The van der Waals surface area contributed by atoms with Crippen LogP contribution in [0, 0.1) is 12.7 Å². The molecular formula is C24H16FNO4. The van der Waals surface area contributed by atoms with Crippen LogP contribution < -0.4 is 4.74 Å². The minimum absolute atomic E-state index is 0.0535. The standard InChI is InChI=1S/C24H16FNO4/c1-15-5-4-6-17(13-15)23(27)29-18-11-9-16(10-12-18)14-21-24(28)30-22(26-21)19-7-2-3-8-20(19)25/h2-14H,1H3/b21-14-. The molecule has 0 N–H and O–H groups in total. The normalized spacial score (nSPS) is 14.4. The maximum Gasteiger partial charge on any atom is 0.363 e. The fraction of sp³-hybridized carbons (Fsp3) is 0.0417. The van der Waals surface area contributed by atoms with Crippen LogP contribution >= 0.6 is 0 Å². The molecule has 0 radical (unpaired) electrons. The number of carbonyl (C=O) groups is 2. The summed E-state index contributed by atoms with van der Waals surface area (Å²) in [7, 11) is 0. The number of carbonyl (C=O) groups excluding carboxylic acids is 2. The van der Waals surface area contributed by atoms with Crippen LogP contribution in [0.4, 0.5) is 4.39 Å². The van der Waals surface area contributed by atoms with E-state index in [9.17, 15) is 14.0 Å². The number of aliphatic imine (C=N–C) groups is 1. The van der Waals surface area contributed by atoms with Gasteiger partial charge in [-0.2, -0.15) is 0 Å². The van der Waals surface area contributed by atoms with Crippen molar-refractivity contribution in [2.45, 2.75) is 6.92 Å². The van der Waals surface area contributed by atoms with E-state index in [0.717, 1.165) is 5.56 Å². The van der Waals surface area contributed by atoms with Crippen LogP contribution in [0.3, 0.4) is 0 Å². The molecular weight excluding hydrogens is 385 g/mol. The Morgan fingerprint density at radius 2 is 1.80 bits per heavy atom. The number of ether oxygens (including phenoxy) is 2. The van der Waals surface area contributed by atoms with E-state index in [1.807, 2.05) is 13.0 Å². The van der Waals surface area contributed by atoms with E-state index in [2.05, 4.69) is 4.99 Å². The first-order valence-electron chi connectivity index (χ1n) is 9.16. The lowest BCUT2D eigenvalue weighted by atomic mass is 10.1. The van der Waals surface area contributed by atoms with Gasteiger partial charge in [0.25, 0.3) is 0 Å². The highest BCUT2D eigenvalue weighted by molar-refractivity contribution is 6.12. The molecule has 0 atom stereocenters. The lowest BCUT2D eigenvalue weighted by Crippen LogP contribution is -2.08. The zero-order valence-corrected chi connectivity index (χ0v) is 16.0. The number of hydrogen-bond donors (Lipinski definition) is 0. The second-order valence-electron chi connectivity index (χ2n) is 6.64. The lowest BCUT2D eigenvalue weighted by Gasteiger charge is -2.05. The van der Waals surface area contributed by atoms with Crippen LogP contribution in [-0.4, -0.2) is 17.8 Å². The van der Waals surface area contributed by atoms with Crippen molar-refractivity contribution in [3.8, 4) is 5.75 Å². The van der Waals surface area contributed by atoms with Crippen molar-refractivity contribution in [3.63, 3.8) is 0 Å². The summed E-state index contributed by atoms with van der Waals surface area (Å²) in [6, 6.07) is 19.6. The molecule has 4 rings (SSSR count). The van der Waals surface area contributed by atoms with Crippen LogP contribution in [0.1, 0.15) is 27.0 Å². The van der Waals surface area contributed by atoms with Gasteiger partial charge in [0.05, 0.1) is 11.1 Å². The summed E-state index contributed by atoms with van der Waals surface area (Å²) in [5.41, 5.74) is 2.25. The van der Waals surface area contributed by atoms with Gasteiger partial charge in [-0.3, -0.25) is 0 Å². The summed E-state index contributed by atoms with van der Waals surface area (Å²) < 4.78 is 24.3. The molecule has 0 spiro atoms. The first-order valence-corrected chi connectivity index (χ1v) is 9.16. The van der Waals surface area contributed by atoms with E-state index in [1.165, 1.54) is 18.2 Å². The van der Waals surface area contributed by atoms with Gasteiger partial charge < -0.3 is 9.47 Å². The summed E-state index contributed by atoms with van der Waals surface area (Å²) in [5, 5.41) is 0. The highest BCUT2D eigenvalue weighted by Gasteiger charge is 2.25. The Morgan fingerprint density at radius 1 is 1.03 bits per heavy atom. The molecule has 3 aromatic carbocycles. The molecule has 0 aliphatic carbocycles. The zero-order valence-electron chi connectivity index (χ0n) is 16.0. The summed E-state index contributed by atoms with van der Waals surface area (Å²) in [6.07, 6.45) is 1.52. The number of cyclic esters (lactones) is 1. The SMILES string of the molecule is Cc1cccc(C(=O)Oc2ccc(/C=C3\N=C(c4ccccc4F)OC3=O)cc2)c1. The van der Waals surface area contributed by atoms with Gasteiger partial charge in [-0.25, -0.2) is 19.0 Å². The van der Waals surface area contributed by atoms with E-state index in [4.69, 9.17) is 9.47 Å². The molecule has 0 bridgehead atoms. The maximum absolute atomic E-state index is 13.9. The molecule has 148 valence electrons. The molecule has 0 fully saturated rings. The number of hydrogen-bond acceptors (Lipinski definition) is 5. The van der Waals surface area contributed by atoms with Gasteiger partial charge in [-0.1, -0.05) is 42.0 Å². The Kier molecular flexibility index (Phi) is 5.22. The summed E-state index contributed by atoms with van der Waals surface area (Å²) in [6.45, 7) is 1.90. The Morgan fingerprint density at radius 3 is 2.53 bits per heavy atom. The zero-order chi connectivity index (χ0) is 21.1. The van der Waals surface area contributed by atoms with E-state index < -0.39 is 17.8 Å². The number of rotatable bonds is 4. The average molecular weight is 401 g/mol. The van der Waals surface area contributed by atoms with Crippen molar-refractivity contribution < 1.29 is 23.5 Å². The van der Waals surface area contributed by atoms with Gasteiger partial charge >= 0.3 is 11.9 Å². The number of nitrogens with zero attached hydrogens (tertiary/aromatic N) is 1. The van der Waals surface area contributed by atoms with Crippen LogP contribution in [0.5, 0.6) is 5.75 Å². The fourth-order valence-corrected chi connectivity index (χ4v) is 2.89. The minimum Gasteiger partial charge on any atom is -0.423 e. The Hall–Kier alpha value is -4.06. The predicted molar refractivity (Wildman–Crippen MR) is 110 cm³/mol. The highest BCUT2D eigenvalue weighted by atomic mass is 19.1. The van der Waals surface area contributed by atoms with Gasteiger partial charge in [0.2, 0.25) is 5.90 Å². The van der Waals surface area contributed by atoms with E-state index >= 15 is 0 Å². The largest absolute Gasteiger partial charge is 0.423 e.